The molecule has 0 aliphatic heterocycles. The molecule has 2 N–H and O–H groups in total. The number of aromatic nitrogens is 2. The maximum atomic E-state index is 11.1. The molecule has 1 aromatic heterocycles. The largest absolute Gasteiger partial charge is 0.478 e. The standard InChI is InChI=1S/C20H13ClN2O2/c21-16-4-2-1-3-15(16)12-5-7-13(8-6-12)19-22-17-10-9-14(20(24)25)11-18(17)23-19/h1-11H,(H,22,23)(H,24,25). The highest BCUT2D eigenvalue weighted by Gasteiger charge is 2.09. The third-order valence-corrected chi connectivity index (χ3v) is 4.40. The maximum Gasteiger partial charge on any atom is 0.335 e. The molecule has 3 aromatic carbocycles. The van der Waals surface area contributed by atoms with Crippen molar-refractivity contribution in [1.82, 2.24) is 9.97 Å². The van der Waals surface area contributed by atoms with Crippen LogP contribution in [-0.4, -0.2) is 21.0 Å². The normalized spacial score (nSPS) is 10.9. The van der Waals surface area contributed by atoms with Crippen LogP contribution in [0.4, 0.5) is 0 Å². The SMILES string of the molecule is O=C(O)c1ccc2[nH]c(-c3ccc(-c4ccccc4Cl)cc3)nc2c1. The van der Waals surface area contributed by atoms with Crippen LogP contribution >= 0.6 is 11.6 Å². The highest BCUT2D eigenvalue weighted by molar-refractivity contribution is 6.33. The van der Waals surface area contributed by atoms with E-state index in [0.29, 0.717) is 16.4 Å². The summed E-state index contributed by atoms with van der Waals surface area (Å²) in [6.07, 6.45) is 0. The van der Waals surface area contributed by atoms with Gasteiger partial charge in [-0.1, -0.05) is 54.1 Å². The molecule has 25 heavy (non-hydrogen) atoms. The molecular weight excluding hydrogens is 336 g/mol. The summed E-state index contributed by atoms with van der Waals surface area (Å²) in [5.41, 5.74) is 4.58. The third kappa shape index (κ3) is 2.88. The van der Waals surface area contributed by atoms with Gasteiger partial charge in [-0.05, 0) is 29.8 Å². The average molecular weight is 349 g/mol. The van der Waals surface area contributed by atoms with E-state index in [4.69, 9.17) is 16.7 Å². The van der Waals surface area contributed by atoms with Crippen LogP contribution in [0.25, 0.3) is 33.5 Å². The Balaban J connectivity index is 1.71. The smallest absolute Gasteiger partial charge is 0.335 e. The van der Waals surface area contributed by atoms with Gasteiger partial charge < -0.3 is 10.1 Å². The molecule has 4 rings (SSSR count). The molecule has 0 atom stereocenters. The minimum atomic E-state index is -0.962. The van der Waals surface area contributed by atoms with Crippen molar-refractivity contribution < 1.29 is 9.90 Å². The van der Waals surface area contributed by atoms with E-state index in [0.717, 1.165) is 22.2 Å². The zero-order chi connectivity index (χ0) is 17.4. The van der Waals surface area contributed by atoms with Gasteiger partial charge >= 0.3 is 5.97 Å². The number of carboxylic acids is 1. The third-order valence-electron chi connectivity index (χ3n) is 4.07. The van der Waals surface area contributed by atoms with E-state index in [1.54, 1.807) is 18.2 Å². The molecule has 0 amide bonds. The number of halogens is 1. The first-order valence-corrected chi connectivity index (χ1v) is 8.08. The van der Waals surface area contributed by atoms with Crippen molar-refractivity contribution in [1.29, 1.82) is 0 Å². The average Bonchev–Trinajstić information content (AvgIpc) is 3.05. The van der Waals surface area contributed by atoms with Crippen LogP contribution in [0.3, 0.4) is 0 Å². The number of carbonyl (C=O) groups is 1. The number of H-pyrrole nitrogens is 1. The molecular formula is C20H13ClN2O2. The fraction of sp³-hybridized carbons (Fsp3) is 0. The van der Waals surface area contributed by atoms with E-state index < -0.39 is 5.97 Å². The summed E-state index contributed by atoms with van der Waals surface area (Å²) in [7, 11) is 0. The lowest BCUT2D eigenvalue weighted by atomic mass is 10.0. The van der Waals surface area contributed by atoms with Gasteiger partial charge in [-0.3, -0.25) is 0 Å². The molecule has 0 spiro atoms. The minimum absolute atomic E-state index is 0.222. The molecule has 4 nitrogen and oxygen atoms in total. The Kier molecular flexibility index (Phi) is 3.75. The van der Waals surface area contributed by atoms with Gasteiger partial charge in [0.1, 0.15) is 5.82 Å². The van der Waals surface area contributed by atoms with E-state index in [1.165, 1.54) is 0 Å². The second kappa shape index (κ2) is 6.07. The highest BCUT2D eigenvalue weighted by Crippen LogP contribution is 2.29. The Bertz CT molecular complexity index is 1080. The van der Waals surface area contributed by atoms with Gasteiger partial charge in [0.25, 0.3) is 0 Å². The Hall–Kier alpha value is -3.11. The molecule has 0 aliphatic rings. The number of rotatable bonds is 3. The first kappa shape index (κ1) is 15.4. The van der Waals surface area contributed by atoms with Crippen molar-refractivity contribution in [3.05, 3.63) is 77.3 Å². The lowest BCUT2D eigenvalue weighted by Gasteiger charge is -2.05. The van der Waals surface area contributed by atoms with Gasteiger partial charge in [-0.15, -0.1) is 0 Å². The molecule has 1 heterocycles. The van der Waals surface area contributed by atoms with E-state index in [1.807, 2.05) is 48.5 Å². The van der Waals surface area contributed by atoms with Crippen LogP contribution in [0.1, 0.15) is 10.4 Å². The van der Waals surface area contributed by atoms with Crippen LogP contribution in [-0.2, 0) is 0 Å². The number of aromatic amines is 1. The number of carboxylic acid groups (broad SMARTS) is 1. The van der Waals surface area contributed by atoms with Crippen molar-refractivity contribution in [2.24, 2.45) is 0 Å². The predicted octanol–water partition coefficient (Wildman–Crippen LogP) is 5.25. The van der Waals surface area contributed by atoms with E-state index in [9.17, 15) is 4.79 Å². The molecule has 0 radical (unpaired) electrons. The van der Waals surface area contributed by atoms with Crippen LogP contribution in [0.5, 0.6) is 0 Å². The van der Waals surface area contributed by atoms with Gasteiger partial charge in [-0.25, -0.2) is 9.78 Å². The summed E-state index contributed by atoms with van der Waals surface area (Å²) in [5, 5.41) is 9.79. The molecule has 0 fully saturated rings. The van der Waals surface area contributed by atoms with Crippen molar-refractivity contribution in [2.75, 3.05) is 0 Å². The van der Waals surface area contributed by atoms with Crippen molar-refractivity contribution >= 4 is 28.6 Å². The molecule has 4 aromatic rings. The number of hydrogen-bond donors (Lipinski definition) is 2. The zero-order valence-corrected chi connectivity index (χ0v) is 13.8. The fourth-order valence-corrected chi connectivity index (χ4v) is 3.02. The van der Waals surface area contributed by atoms with E-state index in [2.05, 4.69) is 9.97 Å². The topological polar surface area (TPSA) is 66.0 Å². The summed E-state index contributed by atoms with van der Waals surface area (Å²) < 4.78 is 0. The second-order valence-electron chi connectivity index (χ2n) is 5.68. The predicted molar refractivity (Wildman–Crippen MR) is 98.9 cm³/mol. The number of benzene rings is 3. The van der Waals surface area contributed by atoms with Crippen molar-refractivity contribution in [2.45, 2.75) is 0 Å². The Morgan fingerprint density at radius 1 is 0.960 bits per heavy atom. The summed E-state index contributed by atoms with van der Waals surface area (Å²) >= 11 is 6.24. The van der Waals surface area contributed by atoms with E-state index >= 15 is 0 Å². The zero-order valence-electron chi connectivity index (χ0n) is 13.0. The van der Waals surface area contributed by atoms with Gasteiger partial charge in [0.05, 0.1) is 16.6 Å². The van der Waals surface area contributed by atoms with Gasteiger partial charge in [-0.2, -0.15) is 0 Å². The van der Waals surface area contributed by atoms with Crippen LogP contribution in [0.15, 0.2) is 66.7 Å². The Morgan fingerprint density at radius 2 is 1.68 bits per heavy atom. The number of nitrogens with one attached hydrogen (secondary N) is 1. The van der Waals surface area contributed by atoms with E-state index in [-0.39, 0.29) is 5.56 Å². The molecule has 0 saturated carbocycles. The van der Waals surface area contributed by atoms with Gasteiger partial charge in [0.15, 0.2) is 0 Å². The van der Waals surface area contributed by atoms with Crippen LogP contribution < -0.4 is 0 Å². The van der Waals surface area contributed by atoms with Crippen molar-refractivity contribution in [3.63, 3.8) is 0 Å². The summed E-state index contributed by atoms with van der Waals surface area (Å²) in [6.45, 7) is 0. The van der Waals surface area contributed by atoms with Crippen LogP contribution in [0, 0.1) is 0 Å². The van der Waals surface area contributed by atoms with Crippen LogP contribution in [0.2, 0.25) is 5.02 Å². The number of imidazole rings is 1. The highest BCUT2D eigenvalue weighted by atomic mass is 35.5. The molecule has 122 valence electrons. The summed E-state index contributed by atoms with van der Waals surface area (Å²) in [6, 6.07) is 20.5. The monoisotopic (exact) mass is 348 g/mol. The maximum absolute atomic E-state index is 11.1. The number of fused-ring (bicyclic) bond motifs is 1. The van der Waals surface area contributed by atoms with Gasteiger partial charge in [0, 0.05) is 16.1 Å². The first-order valence-electron chi connectivity index (χ1n) is 7.70. The second-order valence-corrected chi connectivity index (χ2v) is 6.09. The summed E-state index contributed by atoms with van der Waals surface area (Å²) in [4.78, 5) is 18.8. The number of aromatic carboxylic acids is 1. The molecule has 0 saturated heterocycles. The lowest BCUT2D eigenvalue weighted by molar-refractivity contribution is 0.0697. The lowest BCUT2D eigenvalue weighted by Crippen LogP contribution is -1.94. The number of nitrogens with zero attached hydrogens (tertiary/aromatic N) is 1. The first-order chi connectivity index (χ1) is 12.1. The van der Waals surface area contributed by atoms with Crippen molar-refractivity contribution in [3.8, 4) is 22.5 Å². The van der Waals surface area contributed by atoms with Gasteiger partial charge in [0.2, 0.25) is 0 Å². The number of hydrogen-bond acceptors (Lipinski definition) is 2. The molecule has 5 heteroatoms. The Morgan fingerprint density at radius 3 is 2.40 bits per heavy atom. The summed E-state index contributed by atoms with van der Waals surface area (Å²) in [5.74, 6) is -0.265. The minimum Gasteiger partial charge on any atom is -0.478 e. The molecule has 0 bridgehead atoms. The molecule has 0 aliphatic carbocycles. The quantitative estimate of drug-likeness (QED) is 0.531. The molecule has 0 unspecified atom stereocenters. The Labute approximate surface area is 148 Å². The fourth-order valence-electron chi connectivity index (χ4n) is 2.78.